The molecule has 0 saturated heterocycles. The quantitative estimate of drug-likeness (QED) is 0.647. The number of nitrogens with two attached hydrogens (primary N) is 1. The number of ether oxygens (including phenoxy) is 1. The summed E-state index contributed by atoms with van der Waals surface area (Å²) in [6.45, 7) is 4.17. The molecule has 0 atom stereocenters. The topological polar surface area (TPSA) is 112 Å². The zero-order valence-corrected chi connectivity index (χ0v) is 16.2. The Hall–Kier alpha value is -3.42. The monoisotopic (exact) mass is 381 g/mol. The van der Waals surface area contributed by atoms with E-state index in [-0.39, 0.29) is 11.6 Å². The molecule has 1 aromatic carbocycles. The summed E-state index contributed by atoms with van der Waals surface area (Å²) in [4.78, 5) is 32.3. The largest absolute Gasteiger partial charge is 0.496 e. The van der Waals surface area contributed by atoms with Crippen molar-refractivity contribution in [3.63, 3.8) is 0 Å². The lowest BCUT2D eigenvalue weighted by atomic mass is 10.1. The van der Waals surface area contributed by atoms with E-state index in [1.165, 1.54) is 6.33 Å². The van der Waals surface area contributed by atoms with Crippen LogP contribution in [0.25, 0.3) is 5.65 Å². The molecular formula is C20H23N5O3. The lowest BCUT2D eigenvalue weighted by Gasteiger charge is -2.12. The number of amides is 2. The van der Waals surface area contributed by atoms with Crippen LogP contribution in [0.15, 0.2) is 30.6 Å². The van der Waals surface area contributed by atoms with Crippen molar-refractivity contribution in [1.82, 2.24) is 19.7 Å². The molecule has 8 heteroatoms. The maximum absolute atomic E-state index is 12.3. The van der Waals surface area contributed by atoms with Crippen molar-refractivity contribution in [3.05, 3.63) is 58.8 Å². The van der Waals surface area contributed by atoms with Gasteiger partial charge in [-0.25, -0.2) is 9.97 Å². The highest BCUT2D eigenvalue weighted by Crippen LogP contribution is 2.19. The number of hydrogen-bond acceptors (Lipinski definition) is 5. The van der Waals surface area contributed by atoms with Crippen LogP contribution in [0.1, 0.15) is 39.4 Å². The molecule has 3 N–H and O–H groups in total. The molecule has 3 rings (SSSR count). The molecule has 0 aliphatic rings. The zero-order valence-electron chi connectivity index (χ0n) is 16.2. The molecule has 2 amide bonds. The Morgan fingerprint density at radius 1 is 1.25 bits per heavy atom. The molecule has 8 nitrogen and oxygen atoms in total. The van der Waals surface area contributed by atoms with Gasteiger partial charge in [-0.05, 0) is 31.9 Å². The first-order valence-electron chi connectivity index (χ1n) is 8.94. The lowest BCUT2D eigenvalue weighted by molar-refractivity contribution is -0.121. The minimum atomic E-state index is -0.614. The predicted octanol–water partition coefficient (Wildman–Crippen LogP) is 1.70. The third kappa shape index (κ3) is 3.80. The van der Waals surface area contributed by atoms with Crippen LogP contribution in [-0.2, 0) is 17.8 Å². The Balaban J connectivity index is 1.69. The fraction of sp³-hybridized carbons (Fsp3) is 0.300. The van der Waals surface area contributed by atoms with Gasteiger partial charge in [-0.3, -0.25) is 14.0 Å². The fourth-order valence-electron chi connectivity index (χ4n) is 3.23. The Bertz CT molecular complexity index is 1040. The number of nitrogens with zero attached hydrogens (tertiary/aromatic N) is 3. The van der Waals surface area contributed by atoms with Gasteiger partial charge in [0.15, 0.2) is 11.3 Å². The number of imidazole rings is 1. The van der Waals surface area contributed by atoms with Crippen molar-refractivity contribution < 1.29 is 14.3 Å². The summed E-state index contributed by atoms with van der Waals surface area (Å²) in [6.07, 6.45) is 2.38. The van der Waals surface area contributed by atoms with Gasteiger partial charge in [-0.1, -0.05) is 18.2 Å². The molecule has 2 heterocycles. The van der Waals surface area contributed by atoms with Crippen molar-refractivity contribution in [1.29, 1.82) is 0 Å². The van der Waals surface area contributed by atoms with E-state index in [1.807, 2.05) is 38.1 Å². The van der Waals surface area contributed by atoms with Crippen LogP contribution in [0.5, 0.6) is 5.75 Å². The molecule has 0 radical (unpaired) electrons. The number of rotatable bonds is 7. The zero-order chi connectivity index (χ0) is 20.3. The predicted molar refractivity (Wildman–Crippen MR) is 104 cm³/mol. The number of fused-ring (bicyclic) bond motifs is 1. The third-order valence-corrected chi connectivity index (χ3v) is 4.75. The number of primary amides is 1. The SMILES string of the molecule is COc1ccccc1CNC(=O)CCc1c(C)nc2c(C(N)=O)ncn2c1C. The fourth-order valence-corrected chi connectivity index (χ4v) is 3.23. The minimum Gasteiger partial charge on any atom is -0.496 e. The number of benzene rings is 1. The Morgan fingerprint density at radius 2 is 2.00 bits per heavy atom. The highest BCUT2D eigenvalue weighted by Gasteiger charge is 2.17. The summed E-state index contributed by atoms with van der Waals surface area (Å²) in [5, 5.41) is 2.92. The second kappa shape index (κ2) is 8.08. The number of para-hydroxylation sites is 1. The van der Waals surface area contributed by atoms with Crippen LogP contribution in [0, 0.1) is 13.8 Å². The van der Waals surface area contributed by atoms with Crippen LogP contribution in [0.3, 0.4) is 0 Å². The Kier molecular flexibility index (Phi) is 5.58. The maximum atomic E-state index is 12.3. The Labute approximate surface area is 162 Å². The lowest BCUT2D eigenvalue weighted by Crippen LogP contribution is -2.23. The van der Waals surface area contributed by atoms with E-state index in [1.54, 1.807) is 11.5 Å². The van der Waals surface area contributed by atoms with Crippen molar-refractivity contribution >= 4 is 17.5 Å². The second-order valence-electron chi connectivity index (χ2n) is 6.50. The average Bonchev–Trinajstić information content (AvgIpc) is 3.10. The molecule has 146 valence electrons. The number of carbonyl (C=O) groups is 2. The molecule has 0 unspecified atom stereocenters. The van der Waals surface area contributed by atoms with E-state index in [9.17, 15) is 9.59 Å². The van der Waals surface area contributed by atoms with Gasteiger partial charge in [0.2, 0.25) is 5.91 Å². The average molecular weight is 381 g/mol. The van der Waals surface area contributed by atoms with Gasteiger partial charge in [0.05, 0.1) is 7.11 Å². The molecule has 0 spiro atoms. The molecule has 2 aromatic heterocycles. The molecule has 0 saturated carbocycles. The molecule has 3 aromatic rings. The third-order valence-electron chi connectivity index (χ3n) is 4.75. The number of aromatic nitrogens is 3. The molecule has 0 bridgehead atoms. The summed E-state index contributed by atoms with van der Waals surface area (Å²) in [6, 6.07) is 7.57. The highest BCUT2D eigenvalue weighted by molar-refractivity contribution is 5.96. The number of aryl methyl sites for hydroxylation is 2. The molecule has 0 aliphatic heterocycles. The van der Waals surface area contributed by atoms with Gasteiger partial charge in [-0.2, -0.15) is 0 Å². The first kappa shape index (κ1) is 19.3. The first-order valence-corrected chi connectivity index (χ1v) is 8.94. The van der Waals surface area contributed by atoms with Gasteiger partial charge in [0.1, 0.15) is 12.1 Å². The van der Waals surface area contributed by atoms with E-state index in [2.05, 4.69) is 15.3 Å². The van der Waals surface area contributed by atoms with E-state index >= 15 is 0 Å². The van der Waals surface area contributed by atoms with E-state index in [0.29, 0.717) is 25.0 Å². The number of nitrogens with one attached hydrogen (secondary N) is 1. The van der Waals surface area contributed by atoms with Gasteiger partial charge < -0.3 is 15.8 Å². The number of hydrogen-bond donors (Lipinski definition) is 2. The van der Waals surface area contributed by atoms with Gasteiger partial charge >= 0.3 is 0 Å². The van der Waals surface area contributed by atoms with Crippen LogP contribution in [0.2, 0.25) is 0 Å². The van der Waals surface area contributed by atoms with Crippen molar-refractivity contribution in [2.45, 2.75) is 33.2 Å². The highest BCUT2D eigenvalue weighted by atomic mass is 16.5. The summed E-state index contributed by atoms with van der Waals surface area (Å²) in [5.74, 6) is 0.0695. The van der Waals surface area contributed by atoms with E-state index < -0.39 is 5.91 Å². The van der Waals surface area contributed by atoms with Crippen LogP contribution >= 0.6 is 0 Å². The van der Waals surface area contributed by atoms with Crippen molar-refractivity contribution in [3.8, 4) is 5.75 Å². The van der Waals surface area contributed by atoms with E-state index in [0.717, 1.165) is 28.3 Å². The normalized spacial score (nSPS) is 10.8. The first-order chi connectivity index (χ1) is 13.4. The smallest absolute Gasteiger partial charge is 0.271 e. The number of methoxy groups -OCH3 is 1. The second-order valence-corrected chi connectivity index (χ2v) is 6.50. The van der Waals surface area contributed by atoms with Crippen LogP contribution < -0.4 is 15.8 Å². The van der Waals surface area contributed by atoms with Crippen molar-refractivity contribution in [2.75, 3.05) is 7.11 Å². The Morgan fingerprint density at radius 3 is 2.71 bits per heavy atom. The number of carbonyl (C=O) groups excluding carboxylic acids is 2. The molecule has 0 fully saturated rings. The summed E-state index contributed by atoms with van der Waals surface area (Å²) in [7, 11) is 1.61. The minimum absolute atomic E-state index is 0.0618. The molecular weight excluding hydrogens is 358 g/mol. The van der Waals surface area contributed by atoms with Crippen LogP contribution in [0.4, 0.5) is 0 Å². The van der Waals surface area contributed by atoms with Gasteiger partial charge in [0, 0.05) is 29.9 Å². The molecule has 0 aliphatic carbocycles. The summed E-state index contributed by atoms with van der Waals surface area (Å²) in [5.41, 5.74) is 9.45. The summed E-state index contributed by atoms with van der Waals surface area (Å²) < 4.78 is 7.03. The maximum Gasteiger partial charge on any atom is 0.271 e. The standard InChI is InChI=1S/C20H23N5O3/c1-12-15(13(2)25-11-23-18(19(21)27)20(25)24-12)8-9-17(26)22-10-14-6-4-5-7-16(14)28-3/h4-7,11H,8-10H2,1-3H3,(H2,21,27)(H,22,26). The van der Waals surface area contributed by atoms with Crippen LogP contribution in [-0.4, -0.2) is 33.3 Å². The molecule has 28 heavy (non-hydrogen) atoms. The van der Waals surface area contributed by atoms with Crippen molar-refractivity contribution in [2.24, 2.45) is 5.73 Å². The van der Waals surface area contributed by atoms with Gasteiger partial charge in [-0.15, -0.1) is 0 Å². The van der Waals surface area contributed by atoms with Gasteiger partial charge in [0.25, 0.3) is 5.91 Å². The summed E-state index contributed by atoms with van der Waals surface area (Å²) >= 11 is 0. The van der Waals surface area contributed by atoms with E-state index in [4.69, 9.17) is 10.5 Å².